The lowest BCUT2D eigenvalue weighted by Crippen LogP contribution is -2.32. The molecule has 2 aromatic heterocycles. The summed E-state index contributed by atoms with van der Waals surface area (Å²) >= 11 is 4.77. The number of aromatic nitrogens is 2. The summed E-state index contributed by atoms with van der Waals surface area (Å²) in [7, 11) is -4.34. The molecule has 4 N–H and O–H groups in total. The van der Waals surface area contributed by atoms with Gasteiger partial charge in [-0.2, -0.15) is 13.1 Å². The number of aliphatic hydroxyl groups excluding tert-OH is 1. The number of nitrogens with one attached hydrogen (secondary N) is 2. The van der Waals surface area contributed by atoms with E-state index in [0.717, 1.165) is 21.2 Å². The molecule has 35 heavy (non-hydrogen) atoms. The molecular weight excluding hydrogens is 556 g/mol. The van der Waals surface area contributed by atoms with Gasteiger partial charge in [0.05, 0.1) is 16.5 Å². The molecule has 0 spiro atoms. The Balaban J connectivity index is 1.48. The van der Waals surface area contributed by atoms with Crippen LogP contribution < -0.4 is 10.0 Å². The average molecular weight is 579 g/mol. The number of carbonyl (C=O) groups excluding carboxylic acids is 1. The number of aliphatic hydroxyl groups is 1. The molecule has 0 amide bonds. The van der Waals surface area contributed by atoms with Crippen molar-refractivity contribution in [2.75, 3.05) is 11.9 Å². The molecule has 9 nitrogen and oxygen atoms in total. The van der Waals surface area contributed by atoms with Crippen LogP contribution in [0.25, 0.3) is 5.57 Å². The Morgan fingerprint density at radius 2 is 2.06 bits per heavy atom. The highest BCUT2D eigenvalue weighted by Gasteiger charge is 2.34. The van der Waals surface area contributed by atoms with Gasteiger partial charge in [-0.3, -0.25) is 9.35 Å². The summed E-state index contributed by atoms with van der Waals surface area (Å²) in [6.45, 7) is 4.08. The molecule has 0 unspecified atom stereocenters. The molecule has 0 saturated heterocycles. The van der Waals surface area contributed by atoms with E-state index in [1.54, 1.807) is 6.07 Å². The number of anilines is 1. The van der Waals surface area contributed by atoms with Crippen LogP contribution in [0.3, 0.4) is 0 Å². The summed E-state index contributed by atoms with van der Waals surface area (Å²) in [6, 6.07) is 9.32. The fourth-order valence-corrected chi connectivity index (χ4v) is 5.75. The van der Waals surface area contributed by atoms with Crippen molar-refractivity contribution in [3.63, 3.8) is 0 Å². The van der Waals surface area contributed by atoms with Crippen LogP contribution in [0.2, 0.25) is 0 Å². The molecule has 1 aliphatic carbocycles. The van der Waals surface area contributed by atoms with Crippen molar-refractivity contribution >= 4 is 54.7 Å². The maximum atomic E-state index is 13.3. The quantitative estimate of drug-likeness (QED) is 0.223. The van der Waals surface area contributed by atoms with E-state index in [4.69, 9.17) is 4.55 Å². The number of rotatable bonds is 9. The van der Waals surface area contributed by atoms with E-state index in [9.17, 15) is 18.3 Å². The number of ketones is 1. The smallest absolute Gasteiger partial charge is 0.333 e. The molecular formula is C23H23BrN4O5S2. The molecule has 0 aliphatic heterocycles. The second kappa shape index (κ2) is 10.6. The normalized spacial score (nSPS) is 20.0. The zero-order chi connectivity index (χ0) is 25.2. The van der Waals surface area contributed by atoms with Crippen molar-refractivity contribution in [1.29, 1.82) is 0 Å². The number of hydrogen-bond donors (Lipinski definition) is 4. The van der Waals surface area contributed by atoms with E-state index in [2.05, 4.69) is 37.8 Å². The number of thiophene rings is 1. The third-order valence-electron chi connectivity index (χ3n) is 5.83. The van der Waals surface area contributed by atoms with Gasteiger partial charge in [-0.25, -0.2) is 9.97 Å². The van der Waals surface area contributed by atoms with Crippen LogP contribution in [0.4, 0.5) is 5.82 Å². The van der Waals surface area contributed by atoms with Gasteiger partial charge >= 0.3 is 10.3 Å². The predicted octanol–water partition coefficient (Wildman–Crippen LogP) is 3.54. The second-order valence-electron chi connectivity index (χ2n) is 8.27. The lowest BCUT2D eigenvalue weighted by molar-refractivity contribution is 0.104. The van der Waals surface area contributed by atoms with Gasteiger partial charge in [0.2, 0.25) is 5.78 Å². The summed E-state index contributed by atoms with van der Waals surface area (Å²) in [4.78, 5) is 22.1. The Labute approximate surface area is 215 Å². The summed E-state index contributed by atoms with van der Waals surface area (Å²) in [5, 5.41) is 15.4. The molecule has 3 atom stereocenters. The summed E-state index contributed by atoms with van der Waals surface area (Å²) in [6.07, 6.45) is 2.77. The van der Waals surface area contributed by atoms with Crippen LogP contribution >= 0.6 is 27.3 Å². The van der Waals surface area contributed by atoms with Gasteiger partial charge in [-0.1, -0.05) is 34.6 Å². The van der Waals surface area contributed by atoms with Crippen LogP contribution in [-0.2, 0) is 10.3 Å². The SMILES string of the molecule is C=C(c1cccc(Br)c1)c1csc(C(=O)c2cncnc2N[C@@H]2C[C@H](CNS(=O)(=O)O)[C@@H](O)C2)c1. The highest BCUT2D eigenvalue weighted by Crippen LogP contribution is 2.31. The van der Waals surface area contributed by atoms with Crippen molar-refractivity contribution in [3.05, 3.63) is 80.9 Å². The number of hydrogen-bond acceptors (Lipinski definition) is 8. The zero-order valence-corrected chi connectivity index (χ0v) is 21.6. The highest BCUT2D eigenvalue weighted by atomic mass is 79.9. The van der Waals surface area contributed by atoms with Crippen molar-refractivity contribution in [1.82, 2.24) is 14.7 Å². The van der Waals surface area contributed by atoms with Crippen LogP contribution in [0.5, 0.6) is 0 Å². The Morgan fingerprint density at radius 3 is 2.80 bits per heavy atom. The summed E-state index contributed by atoms with van der Waals surface area (Å²) in [5.74, 6) is -0.291. The molecule has 1 aromatic carbocycles. The Morgan fingerprint density at radius 1 is 1.26 bits per heavy atom. The highest BCUT2D eigenvalue weighted by molar-refractivity contribution is 9.10. The van der Waals surface area contributed by atoms with E-state index >= 15 is 0 Å². The first-order chi connectivity index (χ1) is 16.6. The maximum Gasteiger partial charge on any atom is 0.333 e. The first-order valence-electron chi connectivity index (χ1n) is 10.7. The molecule has 0 radical (unpaired) electrons. The van der Waals surface area contributed by atoms with Gasteiger partial charge in [0.15, 0.2) is 0 Å². The Hall–Kier alpha value is -2.48. The fourth-order valence-electron chi connectivity index (χ4n) is 4.05. The summed E-state index contributed by atoms with van der Waals surface area (Å²) in [5.41, 5.74) is 2.88. The molecule has 1 saturated carbocycles. The lowest BCUT2D eigenvalue weighted by atomic mass is 10.0. The van der Waals surface area contributed by atoms with E-state index in [0.29, 0.717) is 29.1 Å². The number of benzene rings is 1. The topological polar surface area (TPSA) is 142 Å². The van der Waals surface area contributed by atoms with Gasteiger partial charge in [0.25, 0.3) is 0 Å². The predicted molar refractivity (Wildman–Crippen MR) is 138 cm³/mol. The Bertz CT molecular complexity index is 1360. The van der Waals surface area contributed by atoms with Gasteiger partial charge in [0.1, 0.15) is 12.1 Å². The van der Waals surface area contributed by atoms with Crippen molar-refractivity contribution < 1.29 is 22.9 Å². The fraction of sp³-hybridized carbons (Fsp3) is 0.261. The maximum absolute atomic E-state index is 13.3. The van der Waals surface area contributed by atoms with Crippen LogP contribution in [0.1, 0.15) is 39.2 Å². The Kier molecular flexibility index (Phi) is 7.79. The molecule has 3 aromatic rings. The second-order valence-corrected chi connectivity index (χ2v) is 11.3. The first-order valence-corrected chi connectivity index (χ1v) is 13.8. The molecule has 2 heterocycles. The van der Waals surface area contributed by atoms with E-state index < -0.39 is 16.4 Å². The minimum Gasteiger partial charge on any atom is -0.393 e. The molecule has 1 fully saturated rings. The van der Waals surface area contributed by atoms with Crippen LogP contribution in [0, 0.1) is 5.92 Å². The molecule has 12 heteroatoms. The minimum absolute atomic E-state index is 0.0897. The first kappa shape index (κ1) is 25.6. The van der Waals surface area contributed by atoms with Crippen molar-refractivity contribution in [2.45, 2.75) is 25.0 Å². The van der Waals surface area contributed by atoms with Gasteiger partial charge < -0.3 is 10.4 Å². The third-order valence-corrected chi connectivity index (χ3v) is 7.78. The van der Waals surface area contributed by atoms with Crippen molar-refractivity contribution in [2.24, 2.45) is 5.92 Å². The minimum atomic E-state index is -4.34. The largest absolute Gasteiger partial charge is 0.393 e. The van der Waals surface area contributed by atoms with Crippen LogP contribution in [0.15, 0.2) is 59.3 Å². The lowest BCUT2D eigenvalue weighted by Gasteiger charge is -2.15. The standard InChI is InChI=1S/C23H23BrN4O5S2/c1-13(14-3-2-4-17(24)5-14)16-7-21(34-11-16)22(30)19-10-25-12-26-23(19)28-18-6-15(20(29)8-18)9-27-35(31,32)33/h2-5,7,10-12,15,18,20,27,29H,1,6,8-9H2,(H,25,26,28)(H,31,32,33)/t15-,18-,20+/m1/s1. The van der Waals surface area contributed by atoms with Crippen molar-refractivity contribution in [3.8, 4) is 0 Å². The molecule has 184 valence electrons. The monoisotopic (exact) mass is 578 g/mol. The molecule has 0 bridgehead atoms. The summed E-state index contributed by atoms with van der Waals surface area (Å²) < 4.78 is 33.7. The number of halogens is 1. The zero-order valence-electron chi connectivity index (χ0n) is 18.4. The number of carbonyl (C=O) groups is 1. The van der Waals surface area contributed by atoms with Gasteiger partial charge in [-0.05, 0) is 53.1 Å². The van der Waals surface area contributed by atoms with E-state index in [1.807, 2.05) is 34.4 Å². The van der Waals surface area contributed by atoms with Crippen LogP contribution in [-0.4, -0.2) is 52.5 Å². The van der Waals surface area contributed by atoms with Gasteiger partial charge in [0, 0.05) is 29.2 Å². The molecule has 4 rings (SSSR count). The molecule has 1 aliphatic rings. The average Bonchev–Trinajstić information content (AvgIpc) is 3.43. The third kappa shape index (κ3) is 6.40. The van der Waals surface area contributed by atoms with E-state index in [1.165, 1.54) is 23.9 Å². The number of nitrogens with zero attached hydrogens (tertiary/aromatic N) is 2. The van der Waals surface area contributed by atoms with E-state index in [-0.39, 0.29) is 24.3 Å². The van der Waals surface area contributed by atoms with Gasteiger partial charge in [-0.15, -0.1) is 11.3 Å².